The lowest BCUT2D eigenvalue weighted by Gasteiger charge is -2.11. The van der Waals surface area contributed by atoms with Crippen LogP contribution in [-0.4, -0.2) is 37.7 Å². The van der Waals surface area contributed by atoms with Crippen molar-refractivity contribution < 1.29 is 23.9 Å². The molecule has 0 aliphatic rings. The third kappa shape index (κ3) is 7.13. The second-order valence-electron chi connectivity index (χ2n) is 5.33. The van der Waals surface area contributed by atoms with Crippen LogP contribution in [0.4, 0.5) is 4.79 Å². The molecule has 2 N–H and O–H groups in total. The van der Waals surface area contributed by atoms with Crippen LogP contribution in [0.2, 0.25) is 0 Å². The summed E-state index contributed by atoms with van der Waals surface area (Å²) in [5, 5.41) is 4.60. The van der Waals surface area contributed by atoms with E-state index >= 15 is 0 Å². The molecule has 0 fully saturated rings. The van der Waals surface area contributed by atoms with Gasteiger partial charge < -0.3 is 14.8 Å². The molecular weight excluding hydrogens is 312 g/mol. The number of carbonyl (C=O) groups is 3. The van der Waals surface area contributed by atoms with E-state index in [2.05, 4.69) is 10.6 Å². The molecule has 24 heavy (non-hydrogen) atoms. The lowest BCUT2D eigenvalue weighted by atomic mass is 10.1. The summed E-state index contributed by atoms with van der Waals surface area (Å²) >= 11 is 0. The van der Waals surface area contributed by atoms with E-state index in [-0.39, 0.29) is 6.61 Å². The highest BCUT2D eigenvalue weighted by molar-refractivity contribution is 5.95. The van der Waals surface area contributed by atoms with E-state index in [0.717, 1.165) is 24.0 Å². The molecule has 0 saturated carbocycles. The predicted molar refractivity (Wildman–Crippen MR) is 88.8 cm³/mol. The van der Waals surface area contributed by atoms with E-state index in [1.54, 1.807) is 0 Å². The van der Waals surface area contributed by atoms with Crippen molar-refractivity contribution in [2.24, 2.45) is 0 Å². The Balaban J connectivity index is 2.28. The smallest absolute Gasteiger partial charge is 0.344 e. The van der Waals surface area contributed by atoms with Crippen LogP contribution in [0.5, 0.6) is 5.75 Å². The summed E-state index contributed by atoms with van der Waals surface area (Å²) in [7, 11) is 0. The zero-order valence-corrected chi connectivity index (χ0v) is 14.3. The molecule has 1 aromatic rings. The fourth-order valence-electron chi connectivity index (χ4n) is 1.93. The number of benzene rings is 1. The number of rotatable bonds is 8. The molecule has 0 spiro atoms. The molecule has 1 aromatic carbocycles. The third-order valence-electron chi connectivity index (χ3n) is 3.18. The standard InChI is InChI=1S/C17H24N2O5/c1-4-5-9-18-17(22)19-14(20)10-23-15(21)11-24-16-12(2)7-6-8-13(16)3/h6-8H,4-5,9-11H2,1-3H3,(H2,18,19,20,22). The molecular formula is C17H24N2O5. The van der Waals surface area contributed by atoms with Crippen molar-refractivity contribution in [3.63, 3.8) is 0 Å². The van der Waals surface area contributed by atoms with Crippen molar-refractivity contribution in [2.45, 2.75) is 33.6 Å². The van der Waals surface area contributed by atoms with Gasteiger partial charge in [-0.3, -0.25) is 10.1 Å². The molecule has 0 atom stereocenters. The molecule has 0 bridgehead atoms. The first-order chi connectivity index (χ1) is 11.4. The van der Waals surface area contributed by atoms with Crippen LogP contribution < -0.4 is 15.4 Å². The molecule has 7 heteroatoms. The maximum Gasteiger partial charge on any atom is 0.344 e. The van der Waals surface area contributed by atoms with Crippen LogP contribution >= 0.6 is 0 Å². The SMILES string of the molecule is CCCCNC(=O)NC(=O)COC(=O)COc1c(C)cccc1C. The van der Waals surface area contributed by atoms with E-state index in [0.29, 0.717) is 12.3 Å². The number of esters is 1. The van der Waals surface area contributed by atoms with Crippen molar-refractivity contribution in [2.75, 3.05) is 19.8 Å². The molecule has 7 nitrogen and oxygen atoms in total. The van der Waals surface area contributed by atoms with Crippen LogP contribution in [0.15, 0.2) is 18.2 Å². The number of para-hydroxylation sites is 1. The first-order valence-electron chi connectivity index (χ1n) is 7.86. The van der Waals surface area contributed by atoms with Crippen LogP contribution in [0, 0.1) is 13.8 Å². The second-order valence-corrected chi connectivity index (χ2v) is 5.33. The molecule has 0 heterocycles. The number of amides is 3. The van der Waals surface area contributed by atoms with E-state index in [9.17, 15) is 14.4 Å². The van der Waals surface area contributed by atoms with Crippen molar-refractivity contribution >= 4 is 17.9 Å². The highest BCUT2D eigenvalue weighted by atomic mass is 16.6. The average molecular weight is 336 g/mol. The van der Waals surface area contributed by atoms with Crippen molar-refractivity contribution in [1.82, 2.24) is 10.6 Å². The molecule has 0 aromatic heterocycles. The Morgan fingerprint density at radius 1 is 1.08 bits per heavy atom. The topological polar surface area (TPSA) is 93.7 Å². The molecule has 0 aliphatic heterocycles. The van der Waals surface area contributed by atoms with Gasteiger partial charge in [-0.25, -0.2) is 9.59 Å². The Bertz CT molecular complexity index is 566. The third-order valence-corrected chi connectivity index (χ3v) is 3.18. The van der Waals surface area contributed by atoms with Crippen molar-refractivity contribution in [3.05, 3.63) is 29.3 Å². The maximum absolute atomic E-state index is 11.6. The Morgan fingerprint density at radius 3 is 2.38 bits per heavy atom. The van der Waals surface area contributed by atoms with Gasteiger partial charge in [-0.1, -0.05) is 31.5 Å². The number of aryl methyl sites for hydroxylation is 2. The summed E-state index contributed by atoms with van der Waals surface area (Å²) in [5.41, 5.74) is 1.81. The normalized spacial score (nSPS) is 9.96. The number of carbonyl (C=O) groups excluding carboxylic acids is 3. The van der Waals surface area contributed by atoms with Crippen LogP contribution in [0.3, 0.4) is 0 Å². The Hall–Kier alpha value is -2.57. The Labute approximate surface area is 141 Å². The summed E-state index contributed by atoms with van der Waals surface area (Å²) in [5.74, 6) is -0.752. The minimum atomic E-state index is -0.690. The zero-order valence-electron chi connectivity index (χ0n) is 14.3. The van der Waals surface area contributed by atoms with Crippen LogP contribution in [-0.2, 0) is 14.3 Å². The quantitative estimate of drug-likeness (QED) is 0.558. The largest absolute Gasteiger partial charge is 0.481 e. The number of nitrogens with one attached hydrogen (secondary N) is 2. The Morgan fingerprint density at radius 2 is 1.75 bits per heavy atom. The molecule has 3 amide bonds. The van der Waals surface area contributed by atoms with E-state index in [1.165, 1.54) is 0 Å². The van der Waals surface area contributed by atoms with Gasteiger partial charge in [0, 0.05) is 6.54 Å². The highest BCUT2D eigenvalue weighted by Crippen LogP contribution is 2.22. The lowest BCUT2D eigenvalue weighted by molar-refractivity contribution is -0.150. The molecule has 0 aliphatic carbocycles. The summed E-state index contributed by atoms with van der Waals surface area (Å²) in [6, 6.07) is 5.04. The first-order valence-corrected chi connectivity index (χ1v) is 7.86. The summed E-state index contributed by atoms with van der Waals surface area (Å²) in [4.78, 5) is 34.4. The average Bonchev–Trinajstić information content (AvgIpc) is 2.52. The van der Waals surface area contributed by atoms with E-state index in [1.807, 2.05) is 39.0 Å². The van der Waals surface area contributed by atoms with Gasteiger partial charge in [0.15, 0.2) is 13.2 Å². The van der Waals surface area contributed by atoms with Gasteiger partial charge in [-0.15, -0.1) is 0 Å². The molecule has 0 radical (unpaired) electrons. The molecule has 0 unspecified atom stereocenters. The lowest BCUT2D eigenvalue weighted by Crippen LogP contribution is -2.41. The van der Waals surface area contributed by atoms with Crippen molar-refractivity contribution in [3.8, 4) is 5.75 Å². The van der Waals surface area contributed by atoms with Gasteiger partial charge in [0.1, 0.15) is 5.75 Å². The minimum Gasteiger partial charge on any atom is -0.481 e. The van der Waals surface area contributed by atoms with E-state index in [4.69, 9.17) is 9.47 Å². The molecule has 0 saturated heterocycles. The fourth-order valence-corrected chi connectivity index (χ4v) is 1.93. The van der Waals surface area contributed by atoms with E-state index < -0.39 is 24.5 Å². The zero-order chi connectivity index (χ0) is 17.9. The number of hydrogen-bond donors (Lipinski definition) is 2. The number of unbranched alkanes of at least 4 members (excludes halogenated alkanes) is 1. The van der Waals surface area contributed by atoms with Crippen molar-refractivity contribution in [1.29, 1.82) is 0 Å². The van der Waals surface area contributed by atoms with Crippen LogP contribution in [0.1, 0.15) is 30.9 Å². The molecule has 1 rings (SSSR count). The summed E-state index contributed by atoms with van der Waals surface area (Å²) in [6.07, 6.45) is 1.76. The van der Waals surface area contributed by atoms with Gasteiger partial charge in [0.05, 0.1) is 0 Å². The van der Waals surface area contributed by atoms with Gasteiger partial charge in [-0.2, -0.15) is 0 Å². The highest BCUT2D eigenvalue weighted by Gasteiger charge is 2.12. The maximum atomic E-state index is 11.6. The van der Waals surface area contributed by atoms with Gasteiger partial charge in [0.25, 0.3) is 5.91 Å². The number of imide groups is 1. The van der Waals surface area contributed by atoms with Gasteiger partial charge in [0.2, 0.25) is 0 Å². The van der Waals surface area contributed by atoms with Crippen LogP contribution in [0.25, 0.3) is 0 Å². The number of ether oxygens (including phenoxy) is 2. The van der Waals surface area contributed by atoms with Gasteiger partial charge >= 0.3 is 12.0 Å². The molecule has 132 valence electrons. The first kappa shape index (κ1) is 19.5. The second kappa shape index (κ2) is 10.3. The monoisotopic (exact) mass is 336 g/mol. The summed E-state index contributed by atoms with van der Waals surface area (Å²) < 4.78 is 10.2. The summed E-state index contributed by atoms with van der Waals surface area (Å²) in [6.45, 7) is 5.39. The Kier molecular flexibility index (Phi) is 8.32. The fraction of sp³-hybridized carbons (Fsp3) is 0.471. The predicted octanol–water partition coefficient (Wildman–Crippen LogP) is 1.85. The number of urea groups is 1. The van der Waals surface area contributed by atoms with Gasteiger partial charge in [-0.05, 0) is 31.4 Å². The minimum absolute atomic E-state index is 0.304. The number of hydrogen-bond acceptors (Lipinski definition) is 5.